The Kier molecular flexibility index (Phi) is 1.90. The number of carboxylic acid groups (broad SMARTS) is 1. The zero-order valence-electron chi connectivity index (χ0n) is 10.0. The van der Waals surface area contributed by atoms with Gasteiger partial charge in [0, 0.05) is 6.20 Å². The Bertz CT molecular complexity index is 717. The maximum atomic E-state index is 11.3. The first kappa shape index (κ1) is 10.4. The van der Waals surface area contributed by atoms with E-state index in [0.717, 1.165) is 23.5 Å². The molecule has 0 bridgehead atoms. The van der Waals surface area contributed by atoms with Crippen LogP contribution in [0.4, 0.5) is 5.69 Å². The molecule has 1 aromatic carbocycles. The van der Waals surface area contributed by atoms with Crippen molar-refractivity contribution in [1.82, 2.24) is 9.55 Å². The van der Waals surface area contributed by atoms with Crippen LogP contribution in [-0.2, 0) is 0 Å². The lowest BCUT2D eigenvalue weighted by Gasteiger charge is -2.33. The van der Waals surface area contributed by atoms with Crippen LogP contribution in [0.25, 0.3) is 5.69 Å². The van der Waals surface area contributed by atoms with Crippen LogP contribution in [0, 0.1) is 0 Å². The Morgan fingerprint density at radius 2 is 2.11 bits per heavy atom. The molecule has 5 heteroatoms. The van der Waals surface area contributed by atoms with Gasteiger partial charge in [0.15, 0.2) is 5.69 Å². The van der Waals surface area contributed by atoms with Crippen molar-refractivity contribution in [3.63, 3.8) is 0 Å². The van der Waals surface area contributed by atoms with Gasteiger partial charge in [-0.3, -0.25) is 4.57 Å². The molecule has 2 aromatic rings. The molecule has 0 radical (unpaired) electrons. The van der Waals surface area contributed by atoms with Crippen LogP contribution >= 0.6 is 0 Å². The monoisotopic (exact) mass is 253 g/mol. The Balaban J connectivity index is 2.04. The summed E-state index contributed by atoms with van der Waals surface area (Å²) in [5.41, 5.74) is 2.97. The molecule has 94 valence electrons. The fraction of sp³-hybridized carbons (Fsp3) is 0.143. The second-order valence-corrected chi connectivity index (χ2v) is 4.69. The van der Waals surface area contributed by atoms with Gasteiger partial charge in [-0.25, -0.2) is 9.78 Å². The summed E-state index contributed by atoms with van der Waals surface area (Å²) in [4.78, 5) is 17.5. The van der Waals surface area contributed by atoms with E-state index >= 15 is 0 Å². The molecule has 0 saturated heterocycles. The summed E-state index contributed by atoms with van der Waals surface area (Å²) in [6.45, 7) is 0. The van der Waals surface area contributed by atoms with Crippen molar-refractivity contribution in [3.05, 3.63) is 54.3 Å². The molecule has 1 aromatic heterocycles. The van der Waals surface area contributed by atoms with E-state index in [0.29, 0.717) is 0 Å². The lowest BCUT2D eigenvalue weighted by Crippen LogP contribution is -2.28. The molecule has 0 aliphatic carbocycles. The van der Waals surface area contributed by atoms with E-state index in [9.17, 15) is 9.90 Å². The van der Waals surface area contributed by atoms with Crippen molar-refractivity contribution < 1.29 is 9.90 Å². The van der Waals surface area contributed by atoms with Crippen LogP contribution in [-0.4, -0.2) is 20.6 Å². The van der Waals surface area contributed by atoms with Gasteiger partial charge in [-0.1, -0.05) is 18.2 Å². The number of nitrogens with zero attached hydrogens (tertiary/aromatic N) is 3. The smallest absolute Gasteiger partial charge is 0.356 e. The largest absolute Gasteiger partial charge is 0.476 e. The topological polar surface area (TPSA) is 58.4 Å². The third-order valence-corrected chi connectivity index (χ3v) is 3.70. The third kappa shape index (κ3) is 1.24. The molecular weight excluding hydrogens is 242 g/mol. The first-order valence-electron chi connectivity index (χ1n) is 6.12. The van der Waals surface area contributed by atoms with Gasteiger partial charge in [0.2, 0.25) is 0 Å². The summed E-state index contributed by atoms with van der Waals surface area (Å²) in [5.74, 6) is -0.972. The Labute approximate surface area is 109 Å². The quantitative estimate of drug-likeness (QED) is 0.847. The maximum Gasteiger partial charge on any atom is 0.356 e. The van der Waals surface area contributed by atoms with Crippen molar-refractivity contribution in [1.29, 1.82) is 0 Å². The van der Waals surface area contributed by atoms with E-state index in [1.165, 1.54) is 0 Å². The summed E-state index contributed by atoms with van der Waals surface area (Å²) < 4.78 is 1.90. The third-order valence-electron chi connectivity index (χ3n) is 3.70. The van der Waals surface area contributed by atoms with Gasteiger partial charge in [-0.15, -0.1) is 0 Å². The Morgan fingerprint density at radius 1 is 1.32 bits per heavy atom. The molecule has 0 fully saturated rings. The second kappa shape index (κ2) is 3.47. The minimum atomic E-state index is -0.972. The van der Waals surface area contributed by atoms with Crippen molar-refractivity contribution in [3.8, 4) is 5.69 Å². The SMILES string of the molecule is O=C(O)c1ncn2c1C1CC=CN1c1ccccc1-2. The number of imidazole rings is 1. The maximum absolute atomic E-state index is 11.3. The summed E-state index contributed by atoms with van der Waals surface area (Å²) in [7, 11) is 0. The molecule has 0 amide bonds. The summed E-state index contributed by atoms with van der Waals surface area (Å²) in [6.07, 6.45) is 6.49. The van der Waals surface area contributed by atoms with Crippen molar-refractivity contribution in [2.75, 3.05) is 4.90 Å². The molecule has 2 aliphatic heterocycles. The molecule has 0 saturated carbocycles. The van der Waals surface area contributed by atoms with Gasteiger partial charge in [0.05, 0.1) is 23.1 Å². The molecule has 1 N–H and O–H groups in total. The molecule has 1 atom stereocenters. The van der Waals surface area contributed by atoms with Crippen LogP contribution in [0.15, 0.2) is 42.9 Å². The number of rotatable bonds is 1. The van der Waals surface area contributed by atoms with E-state index in [-0.39, 0.29) is 11.7 Å². The van der Waals surface area contributed by atoms with E-state index in [1.807, 2.05) is 35.0 Å². The molecule has 4 rings (SSSR count). The lowest BCUT2D eigenvalue weighted by molar-refractivity contribution is 0.0689. The van der Waals surface area contributed by atoms with E-state index in [4.69, 9.17) is 0 Å². The van der Waals surface area contributed by atoms with Crippen molar-refractivity contribution >= 4 is 11.7 Å². The second-order valence-electron chi connectivity index (χ2n) is 4.69. The predicted octanol–water partition coefficient (Wildman–Crippen LogP) is 2.35. The zero-order chi connectivity index (χ0) is 13.0. The number of hydrogen-bond donors (Lipinski definition) is 1. The first-order chi connectivity index (χ1) is 9.27. The molecule has 5 nitrogen and oxygen atoms in total. The number of aromatic nitrogens is 2. The fourth-order valence-corrected chi connectivity index (χ4v) is 2.93. The zero-order valence-corrected chi connectivity index (χ0v) is 10.0. The van der Waals surface area contributed by atoms with Gasteiger partial charge >= 0.3 is 5.97 Å². The normalized spacial score (nSPS) is 18.9. The van der Waals surface area contributed by atoms with Crippen LogP contribution in [0.1, 0.15) is 28.6 Å². The van der Waals surface area contributed by atoms with Crippen LogP contribution in [0.3, 0.4) is 0 Å². The first-order valence-corrected chi connectivity index (χ1v) is 6.12. The summed E-state index contributed by atoms with van der Waals surface area (Å²) in [6, 6.07) is 7.99. The number of carboxylic acids is 1. The van der Waals surface area contributed by atoms with Gasteiger partial charge in [-0.2, -0.15) is 0 Å². The average molecular weight is 253 g/mol. The number of benzene rings is 1. The van der Waals surface area contributed by atoms with Gasteiger partial charge in [0.25, 0.3) is 0 Å². The highest BCUT2D eigenvalue weighted by Crippen LogP contribution is 2.44. The highest BCUT2D eigenvalue weighted by molar-refractivity contribution is 5.88. The summed E-state index contributed by atoms with van der Waals surface area (Å²) >= 11 is 0. The van der Waals surface area contributed by atoms with E-state index < -0.39 is 5.97 Å². The summed E-state index contributed by atoms with van der Waals surface area (Å²) in [5, 5.41) is 9.28. The lowest BCUT2D eigenvalue weighted by atomic mass is 10.0. The van der Waals surface area contributed by atoms with Crippen molar-refractivity contribution in [2.45, 2.75) is 12.5 Å². The van der Waals surface area contributed by atoms with E-state index in [2.05, 4.69) is 16.0 Å². The number of hydrogen-bond acceptors (Lipinski definition) is 3. The molecule has 3 heterocycles. The van der Waals surface area contributed by atoms with Crippen LogP contribution < -0.4 is 4.90 Å². The predicted molar refractivity (Wildman–Crippen MR) is 69.5 cm³/mol. The molecule has 1 unspecified atom stereocenters. The van der Waals surface area contributed by atoms with Crippen LogP contribution in [0.5, 0.6) is 0 Å². The standard InChI is InChI=1S/C14H11N3O2/c18-14(19)12-13-11-6-3-7-16(11)9-4-1-2-5-10(9)17(13)8-15-12/h1-5,7-8,11H,6H2,(H,18,19). The average Bonchev–Trinajstić information content (AvgIpc) is 3.05. The minimum absolute atomic E-state index is 0.0310. The molecule has 2 aliphatic rings. The Hall–Kier alpha value is -2.56. The van der Waals surface area contributed by atoms with Gasteiger partial charge in [-0.05, 0) is 18.6 Å². The molecular formula is C14H11N3O2. The molecule has 0 spiro atoms. The van der Waals surface area contributed by atoms with Crippen LogP contribution in [0.2, 0.25) is 0 Å². The number of carbonyl (C=O) groups is 1. The Morgan fingerprint density at radius 3 is 2.89 bits per heavy atom. The fourth-order valence-electron chi connectivity index (χ4n) is 2.93. The highest BCUT2D eigenvalue weighted by Gasteiger charge is 2.36. The molecule has 19 heavy (non-hydrogen) atoms. The number of aromatic carboxylic acids is 1. The van der Waals surface area contributed by atoms with Gasteiger partial charge < -0.3 is 10.0 Å². The highest BCUT2D eigenvalue weighted by atomic mass is 16.4. The number of fused-ring (bicyclic) bond motifs is 6. The van der Waals surface area contributed by atoms with Crippen molar-refractivity contribution in [2.24, 2.45) is 0 Å². The minimum Gasteiger partial charge on any atom is -0.476 e. The number of para-hydroxylation sites is 2. The number of anilines is 1. The van der Waals surface area contributed by atoms with Gasteiger partial charge in [0.1, 0.15) is 6.33 Å². The van der Waals surface area contributed by atoms with E-state index in [1.54, 1.807) is 6.33 Å².